The number of phenolic OH excluding ortho intramolecular Hbond substituents is 1. The van der Waals surface area contributed by atoms with Gasteiger partial charge in [-0.3, -0.25) is 9.88 Å². The zero-order valence-electron chi connectivity index (χ0n) is 23.1. The zero-order valence-corrected chi connectivity index (χ0v) is 23.1. The molecule has 4 aromatic rings. The van der Waals surface area contributed by atoms with Gasteiger partial charge in [-0.2, -0.15) is 9.97 Å². The molecule has 0 spiro atoms. The number of benzene rings is 2. The van der Waals surface area contributed by atoms with E-state index in [0.717, 1.165) is 56.0 Å². The molecule has 2 aliphatic rings. The maximum absolute atomic E-state index is 16.3. The highest BCUT2D eigenvalue weighted by Crippen LogP contribution is 2.40. The van der Waals surface area contributed by atoms with Crippen molar-refractivity contribution < 1.29 is 19.0 Å². The summed E-state index contributed by atoms with van der Waals surface area (Å²) in [5, 5.41) is 15.8. The van der Waals surface area contributed by atoms with E-state index in [1.807, 2.05) is 38.1 Å². The van der Waals surface area contributed by atoms with Gasteiger partial charge in [0.2, 0.25) is 0 Å². The van der Waals surface area contributed by atoms with E-state index in [1.54, 1.807) is 18.3 Å². The molecule has 0 amide bonds. The van der Waals surface area contributed by atoms with Gasteiger partial charge in [0, 0.05) is 24.9 Å². The van der Waals surface area contributed by atoms with Gasteiger partial charge in [-0.1, -0.05) is 24.3 Å². The van der Waals surface area contributed by atoms with E-state index in [-0.39, 0.29) is 34.6 Å². The van der Waals surface area contributed by atoms with Gasteiger partial charge in [0.05, 0.1) is 17.0 Å². The third-order valence-corrected chi connectivity index (χ3v) is 8.11. The lowest BCUT2D eigenvalue weighted by Crippen LogP contribution is -2.43. The molecule has 2 aliphatic heterocycles. The Morgan fingerprint density at radius 1 is 1.10 bits per heavy atom. The Labute approximate surface area is 233 Å². The first kappa shape index (κ1) is 26.7. The number of fused-ring (bicyclic) bond motifs is 3. The standard InChI is InChI=1S/C31H36FN5O3/c1-20(2)39-15-7-12-33-29-25-18-34-27(24-17-22(38)16-21-8-3-4-9-23(21)24)26(32)28(25)35-30(36-29)40-19-31-10-5-13-37(31)14-6-11-31/h3-4,8-9,16-18,20,38H,5-7,10-15,19H2,1-2H3,(H,33,35,36). The molecule has 0 atom stereocenters. The first-order chi connectivity index (χ1) is 19.4. The van der Waals surface area contributed by atoms with Gasteiger partial charge in [0.15, 0.2) is 5.82 Å². The van der Waals surface area contributed by atoms with Gasteiger partial charge >= 0.3 is 6.01 Å². The van der Waals surface area contributed by atoms with Crippen LogP contribution < -0.4 is 10.1 Å². The first-order valence-corrected chi connectivity index (χ1v) is 14.3. The molecule has 0 radical (unpaired) electrons. The lowest BCUT2D eigenvalue weighted by atomic mass is 9.95. The topological polar surface area (TPSA) is 92.6 Å². The number of aromatic nitrogens is 3. The number of hydrogen-bond acceptors (Lipinski definition) is 8. The highest BCUT2D eigenvalue weighted by atomic mass is 19.1. The summed E-state index contributed by atoms with van der Waals surface area (Å²) >= 11 is 0. The minimum Gasteiger partial charge on any atom is -0.508 e. The van der Waals surface area contributed by atoms with E-state index < -0.39 is 5.82 Å². The van der Waals surface area contributed by atoms with E-state index in [9.17, 15) is 5.11 Å². The lowest BCUT2D eigenvalue weighted by Gasteiger charge is -2.31. The van der Waals surface area contributed by atoms with Gasteiger partial charge < -0.3 is 19.9 Å². The molecule has 4 heterocycles. The molecule has 2 fully saturated rings. The van der Waals surface area contributed by atoms with E-state index >= 15 is 4.39 Å². The minimum atomic E-state index is -0.576. The fourth-order valence-electron chi connectivity index (χ4n) is 6.17. The maximum Gasteiger partial charge on any atom is 0.319 e. The number of nitrogens with one attached hydrogen (secondary N) is 1. The molecule has 2 aromatic heterocycles. The summed E-state index contributed by atoms with van der Waals surface area (Å²) in [4.78, 5) is 16.2. The highest BCUT2D eigenvalue weighted by Gasteiger charge is 2.45. The molecular weight excluding hydrogens is 509 g/mol. The van der Waals surface area contributed by atoms with Gasteiger partial charge in [-0.25, -0.2) is 4.39 Å². The third-order valence-electron chi connectivity index (χ3n) is 8.11. The van der Waals surface area contributed by atoms with E-state index in [0.29, 0.717) is 36.5 Å². The van der Waals surface area contributed by atoms with Crippen LogP contribution >= 0.6 is 0 Å². The minimum absolute atomic E-state index is 0.0164. The Kier molecular flexibility index (Phi) is 7.42. The summed E-state index contributed by atoms with van der Waals surface area (Å²) in [6, 6.07) is 10.9. The Morgan fingerprint density at radius 2 is 1.90 bits per heavy atom. The van der Waals surface area contributed by atoms with Crippen LogP contribution in [-0.4, -0.2) is 69.4 Å². The number of aromatic hydroxyl groups is 1. The summed E-state index contributed by atoms with van der Waals surface area (Å²) in [6.45, 7) is 7.88. The van der Waals surface area contributed by atoms with Crippen molar-refractivity contribution in [3.63, 3.8) is 0 Å². The van der Waals surface area contributed by atoms with Crippen molar-refractivity contribution >= 4 is 27.5 Å². The average Bonchev–Trinajstić information content (AvgIpc) is 3.52. The monoisotopic (exact) mass is 545 g/mol. The molecule has 210 valence electrons. The van der Waals surface area contributed by atoms with E-state index in [1.165, 1.54) is 0 Å². The molecule has 0 unspecified atom stereocenters. The normalized spacial score (nSPS) is 16.7. The van der Waals surface area contributed by atoms with Gasteiger partial charge in [-0.15, -0.1) is 0 Å². The quantitative estimate of drug-likeness (QED) is 0.237. The van der Waals surface area contributed by atoms with Crippen LogP contribution in [0, 0.1) is 5.82 Å². The predicted molar refractivity (Wildman–Crippen MR) is 154 cm³/mol. The smallest absolute Gasteiger partial charge is 0.319 e. The van der Waals surface area contributed by atoms with Crippen LogP contribution in [0.1, 0.15) is 46.0 Å². The number of rotatable bonds is 10. The van der Waals surface area contributed by atoms with Gasteiger partial charge in [-0.05, 0) is 81.9 Å². The number of hydrogen-bond donors (Lipinski definition) is 2. The Balaban J connectivity index is 1.37. The molecule has 40 heavy (non-hydrogen) atoms. The molecule has 0 saturated carbocycles. The molecular formula is C31H36FN5O3. The molecule has 2 N–H and O–H groups in total. The van der Waals surface area contributed by atoms with Crippen LogP contribution in [0.3, 0.4) is 0 Å². The summed E-state index contributed by atoms with van der Waals surface area (Å²) in [5.41, 5.74) is 0.776. The fraction of sp³-hybridized carbons (Fsp3) is 0.452. The van der Waals surface area contributed by atoms with Crippen LogP contribution in [0.5, 0.6) is 11.8 Å². The van der Waals surface area contributed by atoms with Crippen molar-refractivity contribution in [2.75, 3.05) is 38.2 Å². The largest absolute Gasteiger partial charge is 0.508 e. The van der Waals surface area contributed by atoms with Crippen LogP contribution in [0.4, 0.5) is 10.2 Å². The molecule has 6 rings (SSSR count). The van der Waals surface area contributed by atoms with Crippen molar-refractivity contribution in [1.82, 2.24) is 19.9 Å². The predicted octanol–water partition coefficient (Wildman–Crippen LogP) is 5.92. The van der Waals surface area contributed by atoms with E-state index in [4.69, 9.17) is 9.47 Å². The number of nitrogens with zero attached hydrogens (tertiary/aromatic N) is 4. The van der Waals surface area contributed by atoms with Crippen molar-refractivity contribution in [1.29, 1.82) is 0 Å². The number of phenols is 1. The maximum atomic E-state index is 16.3. The van der Waals surface area contributed by atoms with E-state index in [2.05, 4.69) is 25.2 Å². The molecule has 0 aliphatic carbocycles. The summed E-state index contributed by atoms with van der Waals surface area (Å²) in [7, 11) is 0. The van der Waals surface area contributed by atoms with Crippen LogP contribution in [0.15, 0.2) is 42.6 Å². The lowest BCUT2D eigenvalue weighted by molar-refractivity contribution is 0.0787. The Morgan fingerprint density at radius 3 is 2.70 bits per heavy atom. The number of halogens is 1. The average molecular weight is 546 g/mol. The second-order valence-electron chi connectivity index (χ2n) is 11.2. The summed E-state index contributed by atoms with van der Waals surface area (Å²) in [5.74, 6) is -0.0479. The van der Waals surface area contributed by atoms with Crippen molar-refractivity contribution in [3.8, 4) is 23.0 Å². The first-order valence-electron chi connectivity index (χ1n) is 14.3. The summed E-state index contributed by atoms with van der Waals surface area (Å²) in [6.07, 6.45) is 7.03. The van der Waals surface area contributed by atoms with Crippen molar-refractivity contribution in [2.45, 2.75) is 57.6 Å². The van der Waals surface area contributed by atoms with Gasteiger partial charge in [0.25, 0.3) is 0 Å². The molecule has 9 heteroatoms. The second kappa shape index (κ2) is 11.1. The number of ether oxygens (including phenoxy) is 2. The highest BCUT2D eigenvalue weighted by molar-refractivity contribution is 5.99. The third kappa shape index (κ3) is 5.15. The molecule has 2 saturated heterocycles. The Hall–Kier alpha value is -3.56. The van der Waals surface area contributed by atoms with Crippen LogP contribution in [0.25, 0.3) is 32.9 Å². The van der Waals surface area contributed by atoms with Crippen LogP contribution in [0.2, 0.25) is 0 Å². The summed E-state index contributed by atoms with van der Waals surface area (Å²) < 4.78 is 28.2. The zero-order chi connectivity index (χ0) is 27.7. The SMILES string of the molecule is CC(C)OCCCNc1nc(OCC23CCCN2CCC3)nc2c(F)c(-c3cc(O)cc4ccccc34)ncc12. The molecule has 0 bridgehead atoms. The van der Waals surface area contributed by atoms with Gasteiger partial charge in [0.1, 0.15) is 29.4 Å². The van der Waals surface area contributed by atoms with Crippen molar-refractivity contribution in [3.05, 3.63) is 48.4 Å². The van der Waals surface area contributed by atoms with Crippen LogP contribution in [-0.2, 0) is 4.74 Å². The molecule has 8 nitrogen and oxygen atoms in total. The fourth-order valence-corrected chi connectivity index (χ4v) is 6.17. The Bertz CT molecular complexity index is 1520. The van der Waals surface area contributed by atoms with Crippen molar-refractivity contribution in [2.24, 2.45) is 0 Å². The number of anilines is 1. The second-order valence-corrected chi connectivity index (χ2v) is 11.2. The number of pyridine rings is 1. The molecule has 2 aromatic carbocycles.